The first kappa shape index (κ1) is 25.4. The third-order valence-electron chi connectivity index (χ3n) is 2.70. The molecule has 0 amide bonds. The standard InChI is InChI=1S/C13H14F8O5S/c1-3-5-24-9(23)11(12(17,18)19,26-8(22)7(2)14)25-6-4-10(15,16)13(20,21)27/h27H,2-6H2,1H3. The molecule has 0 aromatic rings. The van der Waals surface area contributed by atoms with Crippen LogP contribution in [0.4, 0.5) is 35.1 Å². The Kier molecular flexibility index (Phi) is 8.55. The Hall–Kier alpha value is -1.57. The normalized spacial score (nSPS) is 15.0. The molecular weight excluding hydrogens is 420 g/mol. The summed E-state index contributed by atoms with van der Waals surface area (Å²) in [6.45, 7) is 1.21. The average Bonchev–Trinajstić information content (AvgIpc) is 2.48. The van der Waals surface area contributed by atoms with Gasteiger partial charge < -0.3 is 14.2 Å². The van der Waals surface area contributed by atoms with E-state index in [4.69, 9.17) is 0 Å². The van der Waals surface area contributed by atoms with Crippen LogP contribution in [0.1, 0.15) is 19.8 Å². The molecule has 0 fully saturated rings. The molecule has 158 valence electrons. The van der Waals surface area contributed by atoms with Crippen molar-refractivity contribution in [3.05, 3.63) is 12.4 Å². The number of rotatable bonds is 10. The maximum Gasteiger partial charge on any atom is 0.468 e. The fraction of sp³-hybridized carbons (Fsp3) is 0.692. The maximum atomic E-state index is 13.3. The third-order valence-corrected chi connectivity index (χ3v) is 3.03. The van der Waals surface area contributed by atoms with Gasteiger partial charge in [0.25, 0.3) is 0 Å². The molecule has 0 spiro atoms. The third kappa shape index (κ3) is 6.52. The summed E-state index contributed by atoms with van der Waals surface area (Å²) in [5.74, 6) is -16.5. The Labute approximate surface area is 153 Å². The van der Waals surface area contributed by atoms with E-state index < -0.39 is 60.5 Å². The summed E-state index contributed by atoms with van der Waals surface area (Å²) in [7, 11) is 0. The van der Waals surface area contributed by atoms with Gasteiger partial charge >= 0.3 is 35.1 Å². The zero-order valence-corrected chi connectivity index (χ0v) is 14.4. The van der Waals surface area contributed by atoms with E-state index in [0.717, 1.165) is 0 Å². The molecule has 0 aliphatic carbocycles. The number of hydrogen-bond acceptors (Lipinski definition) is 6. The summed E-state index contributed by atoms with van der Waals surface area (Å²) in [5.41, 5.74) is 0. The molecule has 0 aliphatic rings. The Morgan fingerprint density at radius 2 is 1.56 bits per heavy atom. The second-order valence-electron chi connectivity index (χ2n) is 4.89. The van der Waals surface area contributed by atoms with Gasteiger partial charge in [-0.3, -0.25) is 0 Å². The molecule has 0 rings (SSSR count). The van der Waals surface area contributed by atoms with Crippen molar-refractivity contribution in [1.29, 1.82) is 0 Å². The lowest BCUT2D eigenvalue weighted by Crippen LogP contribution is -2.58. The van der Waals surface area contributed by atoms with Crippen LogP contribution in [-0.4, -0.2) is 48.3 Å². The number of carbonyl (C=O) groups is 2. The second-order valence-corrected chi connectivity index (χ2v) is 5.45. The smallest absolute Gasteiger partial charge is 0.461 e. The van der Waals surface area contributed by atoms with E-state index >= 15 is 0 Å². The van der Waals surface area contributed by atoms with Gasteiger partial charge in [0.1, 0.15) is 0 Å². The molecule has 0 aromatic heterocycles. The monoisotopic (exact) mass is 434 g/mol. The number of esters is 2. The van der Waals surface area contributed by atoms with Gasteiger partial charge in [0.2, 0.25) is 5.83 Å². The lowest BCUT2D eigenvalue weighted by atomic mass is 10.2. The summed E-state index contributed by atoms with van der Waals surface area (Å²) >= 11 is 2.31. The van der Waals surface area contributed by atoms with Gasteiger partial charge in [-0.25, -0.2) is 9.59 Å². The Bertz CT molecular complexity index is 560. The molecule has 0 radical (unpaired) electrons. The van der Waals surface area contributed by atoms with Crippen LogP contribution in [0.25, 0.3) is 0 Å². The minimum atomic E-state index is -5.94. The van der Waals surface area contributed by atoms with E-state index in [-0.39, 0.29) is 6.42 Å². The van der Waals surface area contributed by atoms with Crippen molar-refractivity contribution in [2.45, 2.75) is 42.9 Å². The predicted octanol–water partition coefficient (Wildman–Crippen LogP) is 3.79. The molecule has 0 N–H and O–H groups in total. The fourth-order valence-corrected chi connectivity index (χ4v) is 1.45. The maximum absolute atomic E-state index is 13.3. The summed E-state index contributed by atoms with van der Waals surface area (Å²) < 4.78 is 116. The van der Waals surface area contributed by atoms with Gasteiger partial charge in [-0.15, -0.1) is 0 Å². The number of ether oxygens (including phenoxy) is 3. The van der Waals surface area contributed by atoms with Crippen molar-refractivity contribution in [2.75, 3.05) is 13.2 Å². The molecular formula is C13H14F8O5S. The molecule has 0 aliphatic heterocycles. The molecule has 27 heavy (non-hydrogen) atoms. The van der Waals surface area contributed by atoms with E-state index in [9.17, 15) is 44.7 Å². The second kappa shape index (κ2) is 9.08. The molecule has 0 saturated carbocycles. The van der Waals surface area contributed by atoms with Crippen LogP contribution in [0, 0.1) is 0 Å². The van der Waals surface area contributed by atoms with Crippen molar-refractivity contribution >= 4 is 24.6 Å². The number of hydrogen-bond donors (Lipinski definition) is 1. The van der Waals surface area contributed by atoms with Crippen molar-refractivity contribution in [3.8, 4) is 0 Å². The van der Waals surface area contributed by atoms with Crippen molar-refractivity contribution in [3.63, 3.8) is 0 Å². The Morgan fingerprint density at radius 3 is 1.93 bits per heavy atom. The highest BCUT2D eigenvalue weighted by molar-refractivity contribution is 7.81. The molecule has 5 nitrogen and oxygen atoms in total. The first-order chi connectivity index (χ1) is 12.0. The number of halogens is 8. The van der Waals surface area contributed by atoms with Crippen LogP contribution in [0.15, 0.2) is 12.4 Å². The number of thiol groups is 1. The lowest BCUT2D eigenvalue weighted by molar-refractivity contribution is -0.357. The summed E-state index contributed by atoms with van der Waals surface area (Å²) in [6, 6.07) is 0. The highest BCUT2D eigenvalue weighted by Gasteiger charge is 2.68. The molecule has 14 heteroatoms. The van der Waals surface area contributed by atoms with Crippen LogP contribution < -0.4 is 0 Å². The molecule has 1 atom stereocenters. The van der Waals surface area contributed by atoms with E-state index in [1.54, 1.807) is 0 Å². The van der Waals surface area contributed by atoms with Gasteiger partial charge in [-0.05, 0) is 6.42 Å². The van der Waals surface area contributed by atoms with E-state index in [1.807, 2.05) is 0 Å². The SMILES string of the molecule is C=C(F)C(=O)OC(OCCC(F)(F)C(F)(F)S)(C(=O)OCCC)C(F)(F)F. The molecule has 0 bridgehead atoms. The molecule has 0 aromatic carbocycles. The largest absolute Gasteiger partial charge is 0.468 e. The minimum absolute atomic E-state index is 0.00656. The highest BCUT2D eigenvalue weighted by atomic mass is 32.1. The zero-order valence-electron chi connectivity index (χ0n) is 13.5. The first-order valence-corrected chi connectivity index (χ1v) is 7.40. The van der Waals surface area contributed by atoms with E-state index in [2.05, 4.69) is 33.4 Å². The van der Waals surface area contributed by atoms with E-state index in [1.165, 1.54) is 6.92 Å². The van der Waals surface area contributed by atoms with Crippen LogP contribution in [0.2, 0.25) is 0 Å². The molecule has 0 saturated heterocycles. The Morgan fingerprint density at radius 1 is 1.04 bits per heavy atom. The fourth-order valence-electron chi connectivity index (χ4n) is 1.33. The average molecular weight is 434 g/mol. The van der Waals surface area contributed by atoms with Gasteiger partial charge in [0.05, 0.1) is 13.2 Å². The predicted molar refractivity (Wildman–Crippen MR) is 75.8 cm³/mol. The van der Waals surface area contributed by atoms with Gasteiger partial charge in [-0.2, -0.15) is 35.1 Å². The topological polar surface area (TPSA) is 61.8 Å². The van der Waals surface area contributed by atoms with Gasteiger partial charge in [0, 0.05) is 6.42 Å². The summed E-state index contributed by atoms with van der Waals surface area (Å²) in [5, 5.41) is -4.93. The van der Waals surface area contributed by atoms with Gasteiger partial charge in [-0.1, -0.05) is 26.1 Å². The van der Waals surface area contributed by atoms with Crippen molar-refractivity contribution < 1.29 is 58.9 Å². The highest BCUT2D eigenvalue weighted by Crippen LogP contribution is 2.41. The van der Waals surface area contributed by atoms with Crippen LogP contribution >= 0.6 is 12.6 Å². The van der Waals surface area contributed by atoms with Crippen molar-refractivity contribution in [1.82, 2.24) is 0 Å². The first-order valence-electron chi connectivity index (χ1n) is 6.95. The number of alkyl halides is 7. The van der Waals surface area contributed by atoms with Crippen LogP contribution in [0.3, 0.4) is 0 Å². The summed E-state index contributed by atoms with van der Waals surface area (Å²) in [4.78, 5) is 22.9. The molecule has 0 heterocycles. The van der Waals surface area contributed by atoms with Crippen molar-refractivity contribution in [2.24, 2.45) is 0 Å². The van der Waals surface area contributed by atoms with Gasteiger partial charge in [0.15, 0.2) is 0 Å². The van der Waals surface area contributed by atoms with Crippen LogP contribution in [-0.2, 0) is 23.8 Å². The lowest BCUT2D eigenvalue weighted by Gasteiger charge is -2.32. The van der Waals surface area contributed by atoms with Crippen LogP contribution in [0.5, 0.6) is 0 Å². The van der Waals surface area contributed by atoms with E-state index in [0.29, 0.717) is 0 Å². The zero-order chi connectivity index (χ0) is 21.7. The Balaban J connectivity index is 5.76. The minimum Gasteiger partial charge on any atom is -0.461 e. The molecule has 1 unspecified atom stereocenters. The quantitative estimate of drug-likeness (QED) is 0.186. The number of carbonyl (C=O) groups excluding carboxylic acids is 2. The summed E-state index contributed by atoms with van der Waals surface area (Å²) in [6.07, 6.45) is -8.01.